The van der Waals surface area contributed by atoms with Crippen LogP contribution in [0.15, 0.2) is 22.6 Å². The fourth-order valence-electron chi connectivity index (χ4n) is 1.71. The SMILES string of the molecule is COc1ccc(OC)c(-c2nc(C(=O)O)c(C(=O)O)o2)c1. The van der Waals surface area contributed by atoms with Crippen molar-refractivity contribution in [1.82, 2.24) is 4.98 Å². The van der Waals surface area contributed by atoms with Gasteiger partial charge in [0.05, 0.1) is 19.8 Å². The summed E-state index contributed by atoms with van der Waals surface area (Å²) >= 11 is 0. The quantitative estimate of drug-likeness (QED) is 0.855. The second-order valence-corrected chi connectivity index (χ2v) is 3.87. The van der Waals surface area contributed by atoms with Gasteiger partial charge in [-0.3, -0.25) is 0 Å². The number of benzene rings is 1. The van der Waals surface area contributed by atoms with Gasteiger partial charge in [-0.15, -0.1) is 0 Å². The lowest BCUT2D eigenvalue weighted by Gasteiger charge is -2.07. The van der Waals surface area contributed by atoms with Crippen LogP contribution in [0, 0.1) is 0 Å². The number of hydrogen-bond acceptors (Lipinski definition) is 6. The summed E-state index contributed by atoms with van der Waals surface area (Å²) in [4.78, 5) is 25.7. The molecule has 0 saturated heterocycles. The van der Waals surface area contributed by atoms with E-state index in [0.29, 0.717) is 11.5 Å². The molecule has 0 saturated carbocycles. The largest absolute Gasteiger partial charge is 0.497 e. The zero-order chi connectivity index (χ0) is 15.6. The molecule has 8 heteroatoms. The second-order valence-electron chi connectivity index (χ2n) is 3.87. The van der Waals surface area contributed by atoms with Crippen LogP contribution in [-0.2, 0) is 0 Å². The minimum Gasteiger partial charge on any atom is -0.497 e. The van der Waals surface area contributed by atoms with Crippen LogP contribution in [0.2, 0.25) is 0 Å². The van der Waals surface area contributed by atoms with Crippen LogP contribution in [0.3, 0.4) is 0 Å². The minimum absolute atomic E-state index is 0.180. The van der Waals surface area contributed by atoms with Crippen molar-refractivity contribution in [3.05, 3.63) is 29.7 Å². The molecule has 0 aliphatic heterocycles. The maximum Gasteiger partial charge on any atom is 0.374 e. The lowest BCUT2D eigenvalue weighted by Crippen LogP contribution is -2.05. The third-order valence-electron chi connectivity index (χ3n) is 2.66. The number of aromatic nitrogens is 1. The van der Waals surface area contributed by atoms with Gasteiger partial charge in [-0.1, -0.05) is 0 Å². The molecule has 2 aromatic rings. The molecule has 0 bridgehead atoms. The Kier molecular flexibility index (Phi) is 3.79. The summed E-state index contributed by atoms with van der Waals surface area (Å²) < 4.78 is 15.2. The first-order chi connectivity index (χ1) is 9.97. The fourth-order valence-corrected chi connectivity index (χ4v) is 1.71. The Morgan fingerprint density at radius 3 is 2.33 bits per heavy atom. The highest BCUT2D eigenvalue weighted by atomic mass is 16.5. The molecular weight excluding hydrogens is 282 g/mol. The van der Waals surface area contributed by atoms with Gasteiger partial charge < -0.3 is 24.1 Å². The maximum absolute atomic E-state index is 11.0. The molecule has 2 N–H and O–H groups in total. The normalized spacial score (nSPS) is 10.2. The van der Waals surface area contributed by atoms with Crippen LogP contribution in [0.4, 0.5) is 0 Å². The zero-order valence-corrected chi connectivity index (χ0v) is 11.1. The van der Waals surface area contributed by atoms with Crippen LogP contribution >= 0.6 is 0 Å². The number of ether oxygens (including phenoxy) is 2. The van der Waals surface area contributed by atoms with E-state index in [1.54, 1.807) is 12.1 Å². The van der Waals surface area contributed by atoms with E-state index in [9.17, 15) is 9.59 Å². The number of carbonyl (C=O) groups is 2. The molecule has 1 aromatic heterocycles. The van der Waals surface area contributed by atoms with Crippen molar-refractivity contribution in [2.24, 2.45) is 0 Å². The molecule has 0 aliphatic rings. The van der Waals surface area contributed by atoms with Gasteiger partial charge in [-0.2, -0.15) is 0 Å². The molecule has 0 atom stereocenters. The molecule has 0 aliphatic carbocycles. The number of oxazole rings is 1. The van der Waals surface area contributed by atoms with Gasteiger partial charge >= 0.3 is 11.9 Å². The zero-order valence-electron chi connectivity index (χ0n) is 11.1. The standard InChI is InChI=1S/C13H11NO7/c1-19-6-3-4-8(20-2)7(5-6)11-14-9(12(15)16)10(21-11)13(17)18/h3-5H,1-2H3,(H,15,16)(H,17,18). The van der Waals surface area contributed by atoms with Crippen molar-refractivity contribution in [2.75, 3.05) is 14.2 Å². The average molecular weight is 293 g/mol. The third-order valence-corrected chi connectivity index (χ3v) is 2.66. The first-order valence-electron chi connectivity index (χ1n) is 5.67. The van der Waals surface area contributed by atoms with E-state index in [4.69, 9.17) is 24.1 Å². The molecule has 0 unspecified atom stereocenters. The van der Waals surface area contributed by atoms with Crippen molar-refractivity contribution >= 4 is 11.9 Å². The van der Waals surface area contributed by atoms with Crippen molar-refractivity contribution in [3.63, 3.8) is 0 Å². The van der Waals surface area contributed by atoms with E-state index < -0.39 is 23.4 Å². The molecule has 0 radical (unpaired) electrons. The summed E-state index contributed by atoms with van der Waals surface area (Å²) in [7, 11) is 2.86. The number of nitrogens with zero attached hydrogens (tertiary/aromatic N) is 1. The number of methoxy groups -OCH3 is 2. The van der Waals surface area contributed by atoms with Crippen LogP contribution in [0.5, 0.6) is 11.5 Å². The smallest absolute Gasteiger partial charge is 0.374 e. The molecule has 21 heavy (non-hydrogen) atoms. The van der Waals surface area contributed by atoms with Gasteiger partial charge in [0, 0.05) is 0 Å². The summed E-state index contributed by atoms with van der Waals surface area (Å²) in [5, 5.41) is 17.9. The second kappa shape index (κ2) is 5.53. The Labute approximate surface area is 118 Å². The first kappa shape index (κ1) is 14.4. The molecule has 0 amide bonds. The Bertz CT molecular complexity index is 673. The summed E-state index contributed by atoms with van der Waals surface area (Å²) in [6.07, 6.45) is 0. The number of rotatable bonds is 5. The predicted molar refractivity (Wildman–Crippen MR) is 69.0 cm³/mol. The summed E-state index contributed by atoms with van der Waals surface area (Å²) in [6.45, 7) is 0. The van der Waals surface area contributed by atoms with Crippen molar-refractivity contribution in [1.29, 1.82) is 0 Å². The van der Waals surface area contributed by atoms with E-state index in [1.165, 1.54) is 20.3 Å². The Hall–Kier alpha value is -3.03. The molecule has 8 nitrogen and oxygen atoms in total. The predicted octanol–water partition coefficient (Wildman–Crippen LogP) is 1.76. The van der Waals surface area contributed by atoms with E-state index in [2.05, 4.69) is 4.98 Å². The highest BCUT2D eigenvalue weighted by Crippen LogP contribution is 2.33. The molecule has 2 rings (SSSR count). The Balaban J connectivity index is 2.64. The van der Waals surface area contributed by atoms with Crippen molar-refractivity contribution in [2.45, 2.75) is 0 Å². The van der Waals surface area contributed by atoms with Crippen LogP contribution in [-0.4, -0.2) is 41.4 Å². The van der Waals surface area contributed by atoms with Crippen LogP contribution in [0.25, 0.3) is 11.5 Å². The van der Waals surface area contributed by atoms with Crippen molar-refractivity contribution in [3.8, 4) is 23.0 Å². The number of hydrogen-bond donors (Lipinski definition) is 2. The van der Waals surface area contributed by atoms with E-state index >= 15 is 0 Å². The van der Waals surface area contributed by atoms with Crippen molar-refractivity contribution < 1.29 is 33.7 Å². The van der Waals surface area contributed by atoms with Crippen LogP contribution < -0.4 is 9.47 Å². The highest BCUT2D eigenvalue weighted by Gasteiger charge is 2.26. The third kappa shape index (κ3) is 2.64. The lowest BCUT2D eigenvalue weighted by molar-refractivity contribution is 0.0624. The minimum atomic E-state index is -1.52. The van der Waals surface area contributed by atoms with Gasteiger partial charge in [0.15, 0.2) is 0 Å². The summed E-state index contributed by atoms with van der Waals surface area (Å²) in [5.41, 5.74) is -0.394. The summed E-state index contributed by atoms with van der Waals surface area (Å²) in [5.74, 6) is -3.15. The first-order valence-corrected chi connectivity index (χ1v) is 5.67. The number of carboxylic acid groups (broad SMARTS) is 2. The van der Waals surface area contributed by atoms with Crippen LogP contribution in [0.1, 0.15) is 21.0 Å². The fraction of sp³-hybridized carbons (Fsp3) is 0.154. The molecule has 0 fully saturated rings. The molecule has 1 heterocycles. The lowest BCUT2D eigenvalue weighted by atomic mass is 10.2. The molecular formula is C13H11NO7. The number of aromatic carboxylic acids is 2. The maximum atomic E-state index is 11.0. The average Bonchev–Trinajstić information content (AvgIpc) is 2.92. The van der Waals surface area contributed by atoms with E-state index in [-0.39, 0.29) is 11.5 Å². The molecule has 0 spiro atoms. The monoisotopic (exact) mass is 293 g/mol. The van der Waals surface area contributed by atoms with Gasteiger partial charge in [-0.25, -0.2) is 14.6 Å². The molecule has 1 aromatic carbocycles. The highest BCUT2D eigenvalue weighted by molar-refractivity contribution is 5.98. The Morgan fingerprint density at radius 2 is 1.86 bits per heavy atom. The topological polar surface area (TPSA) is 119 Å². The van der Waals surface area contributed by atoms with Gasteiger partial charge in [0.1, 0.15) is 11.5 Å². The Morgan fingerprint density at radius 1 is 1.14 bits per heavy atom. The van der Waals surface area contributed by atoms with Gasteiger partial charge in [0.25, 0.3) is 0 Å². The van der Waals surface area contributed by atoms with E-state index in [1.807, 2.05) is 0 Å². The molecule has 110 valence electrons. The summed E-state index contributed by atoms with van der Waals surface area (Å²) in [6, 6.07) is 4.70. The van der Waals surface area contributed by atoms with E-state index in [0.717, 1.165) is 0 Å². The van der Waals surface area contributed by atoms with Gasteiger partial charge in [0.2, 0.25) is 17.3 Å². The number of carboxylic acids is 2. The van der Waals surface area contributed by atoms with Gasteiger partial charge in [-0.05, 0) is 18.2 Å².